The lowest BCUT2D eigenvalue weighted by molar-refractivity contribution is -0.154. The summed E-state index contributed by atoms with van der Waals surface area (Å²) in [6.07, 6.45) is 1.66. The molecule has 2 N–H and O–H groups in total. The topological polar surface area (TPSA) is 40.5 Å². The van der Waals surface area contributed by atoms with E-state index in [1.54, 1.807) is 0 Å². The molecule has 2 heteroatoms. The first-order valence-electron chi connectivity index (χ1n) is 7.60. The van der Waals surface area contributed by atoms with Gasteiger partial charge in [0.2, 0.25) is 0 Å². The zero-order valence-electron chi connectivity index (χ0n) is 12.4. The van der Waals surface area contributed by atoms with Gasteiger partial charge in [0.05, 0.1) is 6.10 Å². The summed E-state index contributed by atoms with van der Waals surface area (Å²) >= 11 is 0. The molecule has 2 aromatic rings. The fourth-order valence-electron chi connectivity index (χ4n) is 3.79. The Labute approximate surface area is 126 Å². The monoisotopic (exact) mass is 282 g/mol. The van der Waals surface area contributed by atoms with Crippen LogP contribution in [0, 0.1) is 0 Å². The molecular weight excluding hydrogens is 260 g/mol. The summed E-state index contributed by atoms with van der Waals surface area (Å²) in [5, 5.41) is 22.2. The van der Waals surface area contributed by atoms with Gasteiger partial charge in [0, 0.05) is 5.41 Å². The molecule has 1 aliphatic rings. The van der Waals surface area contributed by atoms with Crippen molar-refractivity contribution in [2.24, 2.45) is 0 Å². The Morgan fingerprint density at radius 3 is 2.00 bits per heavy atom. The maximum absolute atomic E-state index is 11.5. The summed E-state index contributed by atoms with van der Waals surface area (Å²) in [7, 11) is 0. The number of aliphatic hydroxyl groups excluding tert-OH is 1. The number of aliphatic hydroxyl groups is 2. The van der Waals surface area contributed by atoms with E-state index in [-0.39, 0.29) is 0 Å². The fourth-order valence-corrected chi connectivity index (χ4v) is 3.79. The summed E-state index contributed by atoms with van der Waals surface area (Å²) < 4.78 is 0. The van der Waals surface area contributed by atoms with Crippen LogP contribution in [0.5, 0.6) is 0 Å². The fraction of sp³-hybridized carbons (Fsp3) is 0.368. The molecule has 2 nitrogen and oxygen atoms in total. The van der Waals surface area contributed by atoms with Crippen molar-refractivity contribution in [2.45, 2.75) is 43.3 Å². The largest absolute Gasteiger partial charge is 0.390 e. The van der Waals surface area contributed by atoms with Crippen LogP contribution in [0.4, 0.5) is 0 Å². The quantitative estimate of drug-likeness (QED) is 0.886. The van der Waals surface area contributed by atoms with Crippen molar-refractivity contribution in [3.05, 3.63) is 71.8 Å². The van der Waals surface area contributed by atoms with E-state index < -0.39 is 17.1 Å². The molecule has 0 aliphatic heterocycles. The van der Waals surface area contributed by atoms with Gasteiger partial charge in [-0.15, -0.1) is 0 Å². The maximum atomic E-state index is 11.5. The normalized spacial score (nSPS) is 32.8. The molecule has 110 valence electrons. The number of hydrogen-bond acceptors (Lipinski definition) is 2. The summed E-state index contributed by atoms with van der Waals surface area (Å²) in [4.78, 5) is 0. The molecular formula is C19H22O2. The van der Waals surface area contributed by atoms with Crippen LogP contribution < -0.4 is 0 Å². The smallest absolute Gasteiger partial charge is 0.125 e. The van der Waals surface area contributed by atoms with Crippen molar-refractivity contribution in [3.63, 3.8) is 0 Å². The summed E-state index contributed by atoms with van der Waals surface area (Å²) in [6.45, 7) is 2.07. The van der Waals surface area contributed by atoms with Crippen molar-refractivity contribution in [2.75, 3.05) is 0 Å². The van der Waals surface area contributed by atoms with Gasteiger partial charge < -0.3 is 10.2 Å². The zero-order chi connectivity index (χ0) is 14.9. The van der Waals surface area contributed by atoms with Gasteiger partial charge in [-0.25, -0.2) is 0 Å². The molecule has 2 aromatic carbocycles. The average molecular weight is 282 g/mol. The highest BCUT2D eigenvalue weighted by Gasteiger charge is 2.55. The second-order valence-corrected chi connectivity index (χ2v) is 6.24. The third-order valence-electron chi connectivity index (χ3n) is 5.10. The van der Waals surface area contributed by atoms with E-state index in [0.29, 0.717) is 6.42 Å². The molecule has 0 aromatic heterocycles. The van der Waals surface area contributed by atoms with Crippen molar-refractivity contribution < 1.29 is 10.2 Å². The molecule has 1 aliphatic carbocycles. The lowest BCUT2D eigenvalue weighted by atomic mass is 9.57. The first kappa shape index (κ1) is 14.3. The van der Waals surface area contributed by atoms with Gasteiger partial charge in [0.1, 0.15) is 5.60 Å². The van der Waals surface area contributed by atoms with Crippen LogP contribution in [0.25, 0.3) is 0 Å². The van der Waals surface area contributed by atoms with Crippen LogP contribution in [0.15, 0.2) is 60.7 Å². The van der Waals surface area contributed by atoms with E-state index in [1.807, 2.05) is 60.7 Å². The summed E-state index contributed by atoms with van der Waals surface area (Å²) in [6, 6.07) is 19.7. The number of rotatable bonds is 2. The third-order valence-corrected chi connectivity index (χ3v) is 5.10. The molecule has 3 unspecified atom stereocenters. The third kappa shape index (κ3) is 2.10. The van der Waals surface area contributed by atoms with Crippen LogP contribution in [0.3, 0.4) is 0 Å². The molecule has 3 atom stereocenters. The first-order valence-corrected chi connectivity index (χ1v) is 7.60. The Morgan fingerprint density at radius 1 is 0.905 bits per heavy atom. The lowest BCUT2D eigenvalue weighted by Crippen LogP contribution is -2.57. The van der Waals surface area contributed by atoms with Crippen LogP contribution >= 0.6 is 0 Å². The van der Waals surface area contributed by atoms with Crippen LogP contribution in [-0.4, -0.2) is 16.3 Å². The Balaban J connectivity index is 2.18. The minimum atomic E-state index is -1.26. The van der Waals surface area contributed by atoms with E-state index in [1.165, 1.54) is 0 Å². The Hall–Kier alpha value is -1.64. The van der Waals surface area contributed by atoms with Crippen LogP contribution in [0.1, 0.15) is 37.3 Å². The van der Waals surface area contributed by atoms with E-state index in [0.717, 1.165) is 24.0 Å². The predicted molar refractivity (Wildman–Crippen MR) is 84.0 cm³/mol. The second kappa shape index (κ2) is 5.28. The van der Waals surface area contributed by atoms with E-state index in [9.17, 15) is 10.2 Å². The van der Waals surface area contributed by atoms with Crippen LogP contribution in [-0.2, 0) is 11.0 Å². The van der Waals surface area contributed by atoms with E-state index >= 15 is 0 Å². The van der Waals surface area contributed by atoms with Crippen molar-refractivity contribution >= 4 is 0 Å². The zero-order valence-corrected chi connectivity index (χ0v) is 12.4. The summed E-state index contributed by atoms with van der Waals surface area (Å²) in [5.41, 5.74) is 0.125. The van der Waals surface area contributed by atoms with Crippen molar-refractivity contribution in [3.8, 4) is 0 Å². The maximum Gasteiger partial charge on any atom is 0.125 e. The van der Waals surface area contributed by atoms with Gasteiger partial charge in [-0.3, -0.25) is 0 Å². The van der Waals surface area contributed by atoms with Gasteiger partial charge in [0.15, 0.2) is 0 Å². The molecule has 0 amide bonds. The Bertz CT molecular complexity index is 595. The molecule has 21 heavy (non-hydrogen) atoms. The highest BCUT2D eigenvalue weighted by molar-refractivity contribution is 5.38. The van der Waals surface area contributed by atoms with Crippen molar-refractivity contribution in [1.82, 2.24) is 0 Å². The minimum Gasteiger partial charge on any atom is -0.390 e. The average Bonchev–Trinajstić information content (AvgIpc) is 2.54. The molecule has 0 saturated heterocycles. The highest BCUT2D eigenvalue weighted by atomic mass is 16.3. The lowest BCUT2D eigenvalue weighted by Gasteiger charge is -2.52. The molecule has 1 fully saturated rings. The Kier molecular flexibility index (Phi) is 3.60. The van der Waals surface area contributed by atoms with Gasteiger partial charge in [0.25, 0.3) is 0 Å². The number of hydrogen-bond donors (Lipinski definition) is 2. The van der Waals surface area contributed by atoms with Crippen molar-refractivity contribution in [1.29, 1.82) is 0 Å². The molecule has 0 bridgehead atoms. The minimum absolute atomic E-state index is 0.493. The van der Waals surface area contributed by atoms with Gasteiger partial charge in [-0.1, -0.05) is 67.6 Å². The second-order valence-electron chi connectivity index (χ2n) is 6.24. The standard InChI is InChI=1S/C19H22O2/c1-18(15-9-4-2-5-10-15)14-8-13-17(20)19(18,21)16-11-6-3-7-12-16/h2-7,9-12,17,20-21H,8,13-14H2,1H3. The Morgan fingerprint density at radius 2 is 1.43 bits per heavy atom. The molecule has 3 rings (SSSR count). The number of benzene rings is 2. The molecule has 1 saturated carbocycles. The van der Waals surface area contributed by atoms with Gasteiger partial charge in [-0.05, 0) is 30.4 Å². The van der Waals surface area contributed by atoms with Crippen LogP contribution in [0.2, 0.25) is 0 Å². The van der Waals surface area contributed by atoms with Gasteiger partial charge >= 0.3 is 0 Å². The SMILES string of the molecule is CC1(c2ccccc2)CCCC(O)C1(O)c1ccccc1. The molecule has 0 radical (unpaired) electrons. The predicted octanol–water partition coefficient (Wildman–Crippen LogP) is 3.38. The first-order chi connectivity index (χ1) is 10.1. The molecule has 0 spiro atoms. The van der Waals surface area contributed by atoms with Gasteiger partial charge in [-0.2, -0.15) is 0 Å². The van der Waals surface area contributed by atoms with E-state index in [2.05, 4.69) is 6.92 Å². The summed E-state index contributed by atoms with van der Waals surface area (Å²) in [5.74, 6) is 0. The molecule has 0 heterocycles. The highest BCUT2D eigenvalue weighted by Crippen LogP contribution is 2.51. The van der Waals surface area contributed by atoms with E-state index in [4.69, 9.17) is 0 Å².